The zero-order chi connectivity index (χ0) is 23.2. The molecule has 2 N–H and O–H groups in total. The highest BCUT2D eigenvalue weighted by molar-refractivity contribution is 7.17. The van der Waals surface area contributed by atoms with Gasteiger partial charge in [0.25, 0.3) is 11.9 Å². The van der Waals surface area contributed by atoms with E-state index in [1.54, 1.807) is 17.0 Å². The number of halogens is 1. The predicted octanol–water partition coefficient (Wildman–Crippen LogP) is 4.15. The number of fused-ring (bicyclic) bond motifs is 1. The second kappa shape index (κ2) is 8.25. The lowest BCUT2D eigenvalue weighted by atomic mass is 10.2. The molecule has 1 aliphatic heterocycles. The molecule has 0 aliphatic carbocycles. The molecule has 0 saturated carbocycles. The van der Waals surface area contributed by atoms with Crippen molar-refractivity contribution in [3.8, 4) is 10.6 Å². The molecule has 9 nitrogen and oxygen atoms in total. The van der Waals surface area contributed by atoms with Crippen LogP contribution in [0.2, 0.25) is 5.02 Å². The summed E-state index contributed by atoms with van der Waals surface area (Å²) in [4.78, 5) is 36.9. The quantitative estimate of drug-likeness (QED) is 0.602. The number of thiazole rings is 1. The monoisotopic (exact) mass is 477 g/mol. The molecule has 3 heterocycles. The van der Waals surface area contributed by atoms with Gasteiger partial charge in [-0.2, -0.15) is 4.98 Å². The van der Waals surface area contributed by atoms with E-state index in [1.165, 1.54) is 17.5 Å². The highest BCUT2D eigenvalue weighted by Gasteiger charge is 2.32. The Balaban J connectivity index is 1.61. The number of carbonyl (C=O) groups excluding carboxylic acids is 2. The van der Waals surface area contributed by atoms with Crippen molar-refractivity contribution in [2.75, 3.05) is 24.5 Å². The van der Waals surface area contributed by atoms with Crippen molar-refractivity contribution in [3.63, 3.8) is 0 Å². The van der Waals surface area contributed by atoms with Crippen molar-refractivity contribution >= 4 is 52.1 Å². The molecule has 1 fully saturated rings. The van der Waals surface area contributed by atoms with Crippen LogP contribution in [0.15, 0.2) is 22.7 Å². The largest absolute Gasteiger partial charge is 0.444 e. The number of aromatic nitrogens is 2. The minimum atomic E-state index is -0.544. The van der Waals surface area contributed by atoms with Gasteiger partial charge in [0.1, 0.15) is 21.0 Å². The van der Waals surface area contributed by atoms with Crippen LogP contribution >= 0.6 is 22.9 Å². The van der Waals surface area contributed by atoms with Gasteiger partial charge in [0.05, 0.1) is 11.8 Å². The summed E-state index contributed by atoms with van der Waals surface area (Å²) in [5, 5.41) is 1.04. The molecule has 32 heavy (non-hydrogen) atoms. The Bertz CT molecular complexity index is 1180. The van der Waals surface area contributed by atoms with Crippen molar-refractivity contribution in [2.24, 2.45) is 5.73 Å². The summed E-state index contributed by atoms with van der Waals surface area (Å²) >= 11 is 7.47. The number of hydrogen-bond acceptors (Lipinski definition) is 8. The van der Waals surface area contributed by atoms with Gasteiger partial charge in [-0.3, -0.25) is 4.79 Å². The van der Waals surface area contributed by atoms with E-state index in [0.717, 1.165) is 0 Å². The maximum absolute atomic E-state index is 12.4. The van der Waals surface area contributed by atoms with Crippen molar-refractivity contribution in [3.05, 3.63) is 28.2 Å². The van der Waals surface area contributed by atoms with E-state index in [1.807, 2.05) is 32.6 Å². The molecular weight excluding hydrogens is 454 g/mol. The number of rotatable bonds is 3. The average Bonchev–Trinajstić information content (AvgIpc) is 3.33. The fourth-order valence-electron chi connectivity index (χ4n) is 3.52. The lowest BCUT2D eigenvalue weighted by Crippen LogP contribution is -2.54. The Labute approximate surface area is 194 Å². The van der Waals surface area contributed by atoms with Crippen LogP contribution in [0.5, 0.6) is 0 Å². The second-order valence-corrected chi connectivity index (χ2v) is 10.1. The number of nitrogens with two attached hydrogens (primary N) is 1. The van der Waals surface area contributed by atoms with E-state index in [2.05, 4.69) is 9.97 Å². The standard InChI is InChI=1S/C21H24ClN5O4S/c1-11-10-26(20(29)31-21(2,3)4)5-6-27(11)19-25-14-8-12(22)7-13(16(14)30-19)18-24-9-15(32-18)17(23)28/h7-9,11H,5-6,10H2,1-4H3,(H2,23,28). The molecule has 1 atom stereocenters. The first kappa shape index (κ1) is 22.3. The minimum absolute atomic E-state index is 0.0374. The van der Waals surface area contributed by atoms with Crippen molar-refractivity contribution in [1.82, 2.24) is 14.9 Å². The number of ether oxygens (including phenoxy) is 1. The summed E-state index contributed by atoms with van der Waals surface area (Å²) in [7, 11) is 0. The second-order valence-electron chi connectivity index (χ2n) is 8.66. The highest BCUT2D eigenvalue weighted by Crippen LogP contribution is 2.37. The Morgan fingerprint density at radius 3 is 2.69 bits per heavy atom. The van der Waals surface area contributed by atoms with E-state index >= 15 is 0 Å². The molecule has 2 amide bonds. The third-order valence-corrected chi connectivity index (χ3v) is 6.21. The van der Waals surface area contributed by atoms with Gasteiger partial charge in [-0.05, 0) is 39.8 Å². The number of primary amides is 1. The highest BCUT2D eigenvalue weighted by atomic mass is 35.5. The van der Waals surface area contributed by atoms with Gasteiger partial charge in [-0.25, -0.2) is 9.78 Å². The van der Waals surface area contributed by atoms with Gasteiger partial charge in [0, 0.05) is 30.7 Å². The molecule has 2 aromatic heterocycles. The third-order valence-electron chi connectivity index (χ3n) is 4.95. The molecule has 1 aromatic carbocycles. The fraction of sp³-hybridized carbons (Fsp3) is 0.429. The topological polar surface area (TPSA) is 115 Å². The molecule has 1 unspecified atom stereocenters. The molecule has 0 radical (unpaired) electrons. The number of carbonyl (C=O) groups is 2. The zero-order valence-corrected chi connectivity index (χ0v) is 19.8. The predicted molar refractivity (Wildman–Crippen MR) is 123 cm³/mol. The fourth-order valence-corrected chi connectivity index (χ4v) is 4.51. The van der Waals surface area contributed by atoms with Gasteiger partial charge >= 0.3 is 6.09 Å². The van der Waals surface area contributed by atoms with E-state index in [0.29, 0.717) is 57.2 Å². The van der Waals surface area contributed by atoms with Crippen LogP contribution in [0, 0.1) is 0 Å². The number of hydrogen-bond donors (Lipinski definition) is 1. The normalized spacial score (nSPS) is 17.1. The number of nitrogens with zero attached hydrogens (tertiary/aromatic N) is 4. The van der Waals surface area contributed by atoms with Gasteiger partial charge < -0.3 is 24.7 Å². The van der Waals surface area contributed by atoms with Gasteiger partial charge in [-0.15, -0.1) is 11.3 Å². The smallest absolute Gasteiger partial charge is 0.410 e. The van der Waals surface area contributed by atoms with Crippen LogP contribution in [-0.2, 0) is 4.74 Å². The van der Waals surface area contributed by atoms with Crippen LogP contribution in [0.4, 0.5) is 10.8 Å². The average molecular weight is 478 g/mol. The first-order chi connectivity index (χ1) is 15.0. The SMILES string of the molecule is CC1CN(C(=O)OC(C)(C)C)CCN1c1nc2cc(Cl)cc(-c3ncc(C(N)=O)s3)c2o1. The minimum Gasteiger partial charge on any atom is -0.444 e. The molecule has 1 aliphatic rings. The molecule has 4 rings (SSSR count). The van der Waals surface area contributed by atoms with E-state index in [9.17, 15) is 9.59 Å². The van der Waals surface area contributed by atoms with Crippen LogP contribution in [-0.4, -0.2) is 58.1 Å². The molecule has 3 aromatic rings. The summed E-state index contributed by atoms with van der Waals surface area (Å²) in [5.41, 5.74) is 6.56. The number of amides is 2. The van der Waals surface area contributed by atoms with E-state index < -0.39 is 11.5 Å². The lowest BCUT2D eigenvalue weighted by molar-refractivity contribution is 0.0216. The van der Waals surface area contributed by atoms with Crippen molar-refractivity contribution in [1.29, 1.82) is 0 Å². The Kier molecular flexibility index (Phi) is 5.76. The molecule has 0 spiro atoms. The molecular formula is C21H24ClN5O4S. The molecule has 170 valence electrons. The molecule has 1 saturated heterocycles. The number of anilines is 1. The summed E-state index contributed by atoms with van der Waals surface area (Å²) in [6.07, 6.45) is 1.11. The van der Waals surface area contributed by atoms with Crippen molar-refractivity contribution < 1.29 is 18.7 Å². The van der Waals surface area contributed by atoms with Gasteiger partial charge in [0.15, 0.2) is 5.58 Å². The summed E-state index contributed by atoms with van der Waals surface area (Å²) in [6.45, 7) is 9.05. The summed E-state index contributed by atoms with van der Waals surface area (Å²) in [6, 6.07) is 3.85. The first-order valence-electron chi connectivity index (χ1n) is 10.1. The third kappa shape index (κ3) is 4.51. The maximum atomic E-state index is 12.4. The van der Waals surface area contributed by atoms with Gasteiger partial charge in [0.2, 0.25) is 0 Å². The Morgan fingerprint density at radius 2 is 2.06 bits per heavy atom. The van der Waals surface area contributed by atoms with Crippen LogP contribution in [0.1, 0.15) is 37.4 Å². The van der Waals surface area contributed by atoms with Crippen LogP contribution in [0.25, 0.3) is 21.7 Å². The Morgan fingerprint density at radius 1 is 1.31 bits per heavy atom. The van der Waals surface area contributed by atoms with Crippen molar-refractivity contribution in [2.45, 2.75) is 39.3 Å². The summed E-state index contributed by atoms with van der Waals surface area (Å²) in [5.74, 6) is -0.540. The first-order valence-corrected chi connectivity index (χ1v) is 11.3. The zero-order valence-electron chi connectivity index (χ0n) is 18.2. The molecule has 11 heteroatoms. The number of benzene rings is 1. The Hall–Kier alpha value is -2.85. The lowest BCUT2D eigenvalue weighted by Gasteiger charge is -2.39. The van der Waals surface area contributed by atoms with Crippen LogP contribution in [0.3, 0.4) is 0 Å². The summed E-state index contributed by atoms with van der Waals surface area (Å²) < 4.78 is 11.6. The maximum Gasteiger partial charge on any atom is 0.410 e. The van der Waals surface area contributed by atoms with Crippen LogP contribution < -0.4 is 10.6 Å². The van der Waals surface area contributed by atoms with E-state index in [-0.39, 0.29) is 12.1 Å². The number of oxazole rings is 1. The molecule has 0 bridgehead atoms. The van der Waals surface area contributed by atoms with E-state index in [4.69, 9.17) is 26.5 Å². The van der Waals surface area contributed by atoms with Gasteiger partial charge in [-0.1, -0.05) is 11.6 Å². The number of piperazine rings is 1.